The van der Waals surface area contributed by atoms with Crippen molar-refractivity contribution in [1.29, 1.82) is 0 Å². The van der Waals surface area contributed by atoms with Gasteiger partial charge in [0.2, 0.25) is 11.9 Å². The first-order chi connectivity index (χ1) is 15.2. The zero-order valence-electron chi connectivity index (χ0n) is 18.0. The molecular weight excluding hydrogens is 418 g/mol. The highest BCUT2D eigenvalue weighted by molar-refractivity contribution is 6.04. The van der Waals surface area contributed by atoms with Gasteiger partial charge in [0.15, 0.2) is 0 Å². The van der Waals surface area contributed by atoms with Crippen LogP contribution in [0.3, 0.4) is 0 Å². The lowest BCUT2D eigenvalue weighted by atomic mass is 10.1. The monoisotopic (exact) mass is 443 g/mol. The Labute approximate surface area is 183 Å². The number of aryl methyl sites for hydroxylation is 3. The van der Waals surface area contributed by atoms with E-state index in [0.29, 0.717) is 47.7 Å². The Balaban J connectivity index is 2.04. The maximum atomic E-state index is 13.0. The molecule has 12 heteroatoms. The van der Waals surface area contributed by atoms with Gasteiger partial charge in [0.05, 0.1) is 18.3 Å². The first kappa shape index (κ1) is 22.6. The zero-order chi connectivity index (χ0) is 23.4. The Hall–Kier alpha value is -4.09. The van der Waals surface area contributed by atoms with Crippen LogP contribution in [0.25, 0.3) is 11.0 Å². The number of primary amides is 1. The number of aromatic nitrogens is 4. The largest absolute Gasteiger partial charge is 0.494 e. The van der Waals surface area contributed by atoms with E-state index in [1.807, 2.05) is 6.92 Å². The molecule has 3 aromatic rings. The number of hydrogen-bond acceptors (Lipinski definition) is 6. The molecule has 0 unspecified atom stereocenters. The molecule has 3 amide bonds. The molecule has 2 aromatic heterocycles. The minimum absolute atomic E-state index is 0.200. The minimum atomic E-state index is -1.12. The highest BCUT2D eigenvalue weighted by atomic mass is 16.5. The van der Waals surface area contributed by atoms with Gasteiger partial charge in [-0.1, -0.05) is 0 Å². The number of nitrogens with one attached hydrogen (secondary N) is 2. The number of anilines is 1. The van der Waals surface area contributed by atoms with Gasteiger partial charge in [-0.05, 0) is 38.5 Å². The van der Waals surface area contributed by atoms with E-state index in [-0.39, 0.29) is 18.1 Å². The molecule has 0 spiro atoms. The highest BCUT2D eigenvalue weighted by Gasteiger charge is 2.21. The molecule has 0 saturated carbocycles. The predicted molar refractivity (Wildman–Crippen MR) is 116 cm³/mol. The number of amides is 3. The Kier molecular flexibility index (Phi) is 6.61. The van der Waals surface area contributed by atoms with Crippen LogP contribution in [-0.4, -0.2) is 56.0 Å². The number of methoxy groups -OCH3 is 1. The molecule has 0 fully saturated rings. The van der Waals surface area contributed by atoms with Crippen LogP contribution in [0.4, 0.5) is 10.7 Å². The quantitative estimate of drug-likeness (QED) is 0.364. The molecule has 0 radical (unpaired) electrons. The van der Waals surface area contributed by atoms with Gasteiger partial charge in [0.1, 0.15) is 17.0 Å². The van der Waals surface area contributed by atoms with Crippen molar-refractivity contribution in [2.75, 3.05) is 19.0 Å². The number of imidazole rings is 1. The van der Waals surface area contributed by atoms with Crippen LogP contribution >= 0.6 is 0 Å². The molecule has 0 saturated heterocycles. The number of rotatable bonds is 9. The number of carbonyl (C=O) groups is 3. The molecule has 0 aliphatic carbocycles. The van der Waals surface area contributed by atoms with E-state index in [1.165, 1.54) is 19.2 Å². The number of hydrogen-bond donors (Lipinski definition) is 4. The Morgan fingerprint density at radius 2 is 2.00 bits per heavy atom. The lowest BCUT2D eigenvalue weighted by Crippen LogP contribution is -2.24. The molecule has 170 valence electrons. The fourth-order valence-electron chi connectivity index (χ4n) is 3.41. The normalized spacial score (nSPS) is 10.8. The summed E-state index contributed by atoms with van der Waals surface area (Å²) in [4.78, 5) is 39.9. The fraction of sp³-hybridized carbons (Fsp3) is 0.350. The first-order valence-electron chi connectivity index (χ1n) is 9.95. The van der Waals surface area contributed by atoms with Crippen LogP contribution < -0.4 is 21.1 Å². The smallest absolute Gasteiger partial charge is 0.404 e. The number of carboxylic acid groups (broad SMARTS) is 1. The van der Waals surface area contributed by atoms with Gasteiger partial charge in [-0.25, -0.2) is 9.78 Å². The van der Waals surface area contributed by atoms with Gasteiger partial charge in [-0.3, -0.25) is 19.6 Å². The van der Waals surface area contributed by atoms with Gasteiger partial charge >= 0.3 is 6.09 Å². The molecule has 0 atom stereocenters. The van der Waals surface area contributed by atoms with Crippen LogP contribution in [0.1, 0.15) is 39.9 Å². The van der Waals surface area contributed by atoms with Crippen molar-refractivity contribution in [2.24, 2.45) is 5.73 Å². The van der Waals surface area contributed by atoms with E-state index in [9.17, 15) is 14.4 Å². The third kappa shape index (κ3) is 4.63. The van der Waals surface area contributed by atoms with Crippen LogP contribution in [0.5, 0.6) is 5.75 Å². The van der Waals surface area contributed by atoms with Crippen molar-refractivity contribution >= 4 is 34.9 Å². The van der Waals surface area contributed by atoms with Gasteiger partial charge in [0.25, 0.3) is 5.91 Å². The summed E-state index contributed by atoms with van der Waals surface area (Å²) in [6.45, 7) is 4.72. The number of benzene rings is 1. The van der Waals surface area contributed by atoms with Crippen molar-refractivity contribution in [3.8, 4) is 5.75 Å². The second kappa shape index (κ2) is 9.37. The molecule has 2 heterocycles. The summed E-state index contributed by atoms with van der Waals surface area (Å²) in [5.74, 6) is -0.466. The molecule has 5 N–H and O–H groups in total. The summed E-state index contributed by atoms with van der Waals surface area (Å²) in [6.07, 6.45) is -0.700. The minimum Gasteiger partial charge on any atom is -0.494 e. The van der Waals surface area contributed by atoms with Gasteiger partial charge in [0, 0.05) is 25.2 Å². The van der Waals surface area contributed by atoms with Crippen LogP contribution in [0.2, 0.25) is 0 Å². The second-order valence-corrected chi connectivity index (χ2v) is 7.02. The first-order valence-corrected chi connectivity index (χ1v) is 9.95. The lowest BCUT2D eigenvalue weighted by Gasteiger charge is -2.12. The Morgan fingerprint density at radius 3 is 2.62 bits per heavy atom. The number of fused-ring (bicyclic) bond motifs is 1. The second-order valence-electron chi connectivity index (χ2n) is 7.02. The van der Waals surface area contributed by atoms with Crippen molar-refractivity contribution in [1.82, 2.24) is 24.6 Å². The summed E-state index contributed by atoms with van der Waals surface area (Å²) >= 11 is 0. The standard InChI is InChI=1S/C20H25N7O5/c1-4-27-14(8-11(2)25-27)18(29)24-19-23-13-9-12(17(21)28)10-15(32-3)16(13)26(19)7-5-6-22-20(30)31/h8-10,22H,4-7H2,1-3H3,(H2,21,28)(H,30,31)(H,23,24,29). The summed E-state index contributed by atoms with van der Waals surface area (Å²) < 4.78 is 8.73. The predicted octanol–water partition coefficient (Wildman–Crippen LogP) is 1.58. The molecule has 0 bridgehead atoms. The lowest BCUT2D eigenvalue weighted by molar-refractivity contribution is 0.0995. The summed E-state index contributed by atoms with van der Waals surface area (Å²) in [5, 5.41) is 18.2. The van der Waals surface area contributed by atoms with Crippen molar-refractivity contribution in [3.05, 3.63) is 35.2 Å². The third-order valence-corrected chi connectivity index (χ3v) is 4.81. The van der Waals surface area contributed by atoms with E-state index in [1.54, 1.807) is 22.2 Å². The van der Waals surface area contributed by atoms with Crippen molar-refractivity contribution in [3.63, 3.8) is 0 Å². The highest BCUT2D eigenvalue weighted by Crippen LogP contribution is 2.31. The number of carbonyl (C=O) groups excluding carboxylic acids is 2. The summed E-state index contributed by atoms with van der Waals surface area (Å²) in [6, 6.07) is 4.69. The molecule has 3 rings (SSSR count). The number of nitrogens with two attached hydrogens (primary N) is 1. The maximum Gasteiger partial charge on any atom is 0.404 e. The Bertz CT molecular complexity index is 1180. The SMILES string of the molecule is CCn1nc(C)cc1C(=O)Nc1nc2cc(C(N)=O)cc(OC)c2n1CCCNC(=O)O. The van der Waals surface area contributed by atoms with Crippen LogP contribution in [0, 0.1) is 6.92 Å². The average Bonchev–Trinajstić information content (AvgIpc) is 3.29. The van der Waals surface area contributed by atoms with Gasteiger partial charge in [-0.2, -0.15) is 5.10 Å². The van der Waals surface area contributed by atoms with Crippen LogP contribution in [0.15, 0.2) is 18.2 Å². The molecular formula is C20H25N7O5. The van der Waals surface area contributed by atoms with Crippen molar-refractivity contribution < 1.29 is 24.2 Å². The zero-order valence-corrected chi connectivity index (χ0v) is 18.0. The van der Waals surface area contributed by atoms with Crippen molar-refractivity contribution in [2.45, 2.75) is 33.4 Å². The van der Waals surface area contributed by atoms with E-state index in [4.69, 9.17) is 15.6 Å². The third-order valence-electron chi connectivity index (χ3n) is 4.81. The molecule has 0 aliphatic rings. The van der Waals surface area contributed by atoms with E-state index in [0.717, 1.165) is 0 Å². The van der Waals surface area contributed by atoms with Crippen LogP contribution in [-0.2, 0) is 13.1 Å². The summed E-state index contributed by atoms with van der Waals surface area (Å²) in [5.41, 5.74) is 7.66. The average molecular weight is 443 g/mol. The maximum absolute atomic E-state index is 13.0. The van der Waals surface area contributed by atoms with Gasteiger partial charge in [-0.15, -0.1) is 0 Å². The fourth-order valence-corrected chi connectivity index (χ4v) is 3.41. The Morgan fingerprint density at radius 1 is 1.25 bits per heavy atom. The molecule has 0 aliphatic heterocycles. The molecule has 32 heavy (non-hydrogen) atoms. The van der Waals surface area contributed by atoms with E-state index in [2.05, 4.69) is 20.7 Å². The van der Waals surface area contributed by atoms with E-state index >= 15 is 0 Å². The molecule has 12 nitrogen and oxygen atoms in total. The van der Waals surface area contributed by atoms with Gasteiger partial charge < -0.3 is 25.5 Å². The topological polar surface area (TPSA) is 166 Å². The number of ether oxygens (including phenoxy) is 1. The van der Waals surface area contributed by atoms with E-state index < -0.39 is 17.9 Å². The summed E-state index contributed by atoms with van der Waals surface area (Å²) in [7, 11) is 1.45. The molecule has 1 aromatic carbocycles. The number of nitrogens with zero attached hydrogens (tertiary/aromatic N) is 4.